The van der Waals surface area contributed by atoms with Crippen molar-refractivity contribution in [2.45, 2.75) is 26.2 Å². The molecule has 0 saturated carbocycles. The van der Waals surface area contributed by atoms with E-state index < -0.39 is 0 Å². The van der Waals surface area contributed by atoms with Crippen molar-refractivity contribution in [3.63, 3.8) is 0 Å². The highest BCUT2D eigenvalue weighted by Crippen LogP contribution is 2.32. The average molecular weight is 356 g/mol. The van der Waals surface area contributed by atoms with Crippen LogP contribution in [0.15, 0.2) is 36.4 Å². The van der Waals surface area contributed by atoms with Gasteiger partial charge in [-0.05, 0) is 55.3 Å². The Balaban J connectivity index is 2.56. The van der Waals surface area contributed by atoms with Gasteiger partial charge in [0.1, 0.15) is 11.5 Å². The lowest BCUT2D eigenvalue weighted by molar-refractivity contribution is -0.118. The van der Waals surface area contributed by atoms with Crippen LogP contribution < -0.4 is 14.2 Å². The minimum Gasteiger partial charge on any atom is -0.497 e. The fourth-order valence-corrected chi connectivity index (χ4v) is 3.02. The van der Waals surface area contributed by atoms with Gasteiger partial charge in [0.05, 0.1) is 21.3 Å². The van der Waals surface area contributed by atoms with E-state index in [1.165, 1.54) is 14.0 Å². The molecule has 0 aliphatic rings. The maximum absolute atomic E-state index is 13.1. The smallest absolute Gasteiger partial charge is 0.193 e. The molecule has 0 bridgehead atoms. The third-order valence-electron chi connectivity index (χ3n) is 4.42. The number of hydrogen-bond donors (Lipinski definition) is 0. The zero-order valence-electron chi connectivity index (χ0n) is 15.8. The van der Waals surface area contributed by atoms with Gasteiger partial charge in [0.2, 0.25) is 0 Å². The molecule has 0 aliphatic heterocycles. The van der Waals surface area contributed by atoms with E-state index in [9.17, 15) is 9.59 Å². The Hall–Kier alpha value is -2.82. The highest BCUT2D eigenvalue weighted by atomic mass is 16.5. The molecule has 0 N–H and O–H groups in total. The molecule has 0 heterocycles. The minimum absolute atomic E-state index is 0.0158. The molecule has 2 aromatic carbocycles. The van der Waals surface area contributed by atoms with E-state index in [2.05, 4.69) is 0 Å². The molecule has 2 aromatic rings. The summed E-state index contributed by atoms with van der Waals surface area (Å²) in [5.41, 5.74) is 1.63. The van der Waals surface area contributed by atoms with E-state index in [0.29, 0.717) is 40.4 Å². The van der Waals surface area contributed by atoms with Crippen LogP contribution in [0.1, 0.15) is 47.7 Å². The molecule has 138 valence electrons. The van der Waals surface area contributed by atoms with Gasteiger partial charge in [-0.2, -0.15) is 0 Å². The van der Waals surface area contributed by atoms with Gasteiger partial charge in [0.15, 0.2) is 17.3 Å². The quantitative estimate of drug-likeness (QED) is 0.669. The second-order valence-electron chi connectivity index (χ2n) is 5.92. The SMILES string of the molecule is CCC(C(C)=O)c1cc(OC)ccc1C(=O)c1ccc(OC)c(OC)c1. The van der Waals surface area contributed by atoms with Crippen LogP contribution in [0.25, 0.3) is 0 Å². The number of carbonyl (C=O) groups is 2. The van der Waals surface area contributed by atoms with Crippen molar-refractivity contribution in [3.8, 4) is 17.2 Å². The first kappa shape index (κ1) is 19.5. The van der Waals surface area contributed by atoms with Gasteiger partial charge < -0.3 is 14.2 Å². The van der Waals surface area contributed by atoms with Crippen LogP contribution >= 0.6 is 0 Å². The maximum atomic E-state index is 13.1. The van der Waals surface area contributed by atoms with Gasteiger partial charge >= 0.3 is 0 Å². The number of carbonyl (C=O) groups excluding carboxylic acids is 2. The van der Waals surface area contributed by atoms with Crippen molar-refractivity contribution < 1.29 is 23.8 Å². The van der Waals surface area contributed by atoms with Crippen LogP contribution in [0, 0.1) is 0 Å². The lowest BCUT2D eigenvalue weighted by atomic mass is 9.86. The number of ketones is 2. The Morgan fingerprint density at radius 1 is 0.923 bits per heavy atom. The minimum atomic E-state index is -0.357. The molecular formula is C21H24O5. The zero-order chi connectivity index (χ0) is 19.3. The normalized spacial score (nSPS) is 11.6. The largest absolute Gasteiger partial charge is 0.497 e. The van der Waals surface area contributed by atoms with Crippen LogP contribution in [0.4, 0.5) is 0 Å². The van der Waals surface area contributed by atoms with E-state index in [0.717, 1.165) is 0 Å². The first-order valence-electron chi connectivity index (χ1n) is 8.41. The number of Topliss-reactive ketones (excluding diaryl/α,β-unsaturated/α-hetero) is 1. The summed E-state index contributed by atoms with van der Waals surface area (Å²) in [6, 6.07) is 10.2. The third-order valence-corrected chi connectivity index (χ3v) is 4.42. The summed E-state index contributed by atoms with van der Waals surface area (Å²) in [6.45, 7) is 3.47. The van der Waals surface area contributed by atoms with Crippen molar-refractivity contribution >= 4 is 11.6 Å². The molecule has 1 atom stereocenters. The van der Waals surface area contributed by atoms with Gasteiger partial charge in [0.25, 0.3) is 0 Å². The highest BCUT2D eigenvalue weighted by molar-refractivity contribution is 6.11. The number of benzene rings is 2. The van der Waals surface area contributed by atoms with Crippen molar-refractivity contribution in [2.75, 3.05) is 21.3 Å². The molecular weight excluding hydrogens is 332 g/mol. The van der Waals surface area contributed by atoms with Crippen LogP contribution in [0.5, 0.6) is 17.2 Å². The summed E-state index contributed by atoms with van der Waals surface area (Å²) in [7, 11) is 4.62. The van der Waals surface area contributed by atoms with E-state index >= 15 is 0 Å². The van der Waals surface area contributed by atoms with E-state index in [1.807, 2.05) is 6.92 Å². The number of rotatable bonds is 8. The summed E-state index contributed by atoms with van der Waals surface area (Å²) < 4.78 is 15.8. The van der Waals surface area contributed by atoms with Gasteiger partial charge in [0, 0.05) is 17.0 Å². The fourth-order valence-electron chi connectivity index (χ4n) is 3.02. The van der Waals surface area contributed by atoms with Crippen LogP contribution in [0.3, 0.4) is 0 Å². The first-order chi connectivity index (χ1) is 12.5. The first-order valence-corrected chi connectivity index (χ1v) is 8.41. The average Bonchev–Trinajstić information content (AvgIpc) is 2.67. The molecule has 0 radical (unpaired) electrons. The summed E-state index contributed by atoms with van der Waals surface area (Å²) in [6.07, 6.45) is 0.606. The van der Waals surface area contributed by atoms with Crippen LogP contribution in [-0.4, -0.2) is 32.9 Å². The standard InChI is InChI=1S/C21H24O5/c1-6-16(13(2)22)18-12-15(24-3)8-9-17(18)21(23)14-7-10-19(25-4)20(11-14)26-5/h7-12,16H,6H2,1-5H3. The van der Waals surface area contributed by atoms with Crippen molar-refractivity contribution in [1.29, 1.82) is 0 Å². The molecule has 5 heteroatoms. The van der Waals surface area contributed by atoms with Crippen LogP contribution in [-0.2, 0) is 4.79 Å². The van der Waals surface area contributed by atoms with E-state index in [4.69, 9.17) is 14.2 Å². The molecule has 1 unspecified atom stereocenters. The zero-order valence-corrected chi connectivity index (χ0v) is 15.8. The third kappa shape index (κ3) is 3.87. The van der Waals surface area contributed by atoms with Gasteiger partial charge in [-0.1, -0.05) is 6.92 Å². The molecule has 5 nitrogen and oxygen atoms in total. The Morgan fingerprint density at radius 2 is 1.62 bits per heavy atom. The fraction of sp³-hybridized carbons (Fsp3) is 0.333. The predicted molar refractivity (Wildman–Crippen MR) is 99.7 cm³/mol. The summed E-state index contributed by atoms with van der Waals surface area (Å²) in [4.78, 5) is 25.2. The second kappa shape index (κ2) is 8.52. The lowest BCUT2D eigenvalue weighted by Gasteiger charge is -2.18. The summed E-state index contributed by atoms with van der Waals surface area (Å²) >= 11 is 0. The highest BCUT2D eigenvalue weighted by Gasteiger charge is 2.23. The number of methoxy groups -OCH3 is 3. The summed E-state index contributed by atoms with van der Waals surface area (Å²) in [5.74, 6) is 1.12. The Morgan fingerprint density at radius 3 is 2.15 bits per heavy atom. The molecule has 0 aliphatic carbocycles. The van der Waals surface area contributed by atoms with E-state index in [1.54, 1.807) is 50.6 Å². The predicted octanol–water partition coefficient (Wildman–Crippen LogP) is 4.03. The Labute approximate surface area is 153 Å². The van der Waals surface area contributed by atoms with E-state index in [-0.39, 0.29) is 17.5 Å². The number of hydrogen-bond acceptors (Lipinski definition) is 5. The molecule has 0 aromatic heterocycles. The molecule has 0 saturated heterocycles. The van der Waals surface area contributed by atoms with Crippen molar-refractivity contribution in [2.24, 2.45) is 0 Å². The van der Waals surface area contributed by atoms with Crippen molar-refractivity contribution in [3.05, 3.63) is 53.1 Å². The molecule has 0 amide bonds. The molecule has 26 heavy (non-hydrogen) atoms. The Kier molecular flexibility index (Phi) is 6.39. The van der Waals surface area contributed by atoms with Gasteiger partial charge in [-0.25, -0.2) is 0 Å². The Bertz CT molecular complexity index is 810. The second-order valence-corrected chi connectivity index (χ2v) is 5.92. The maximum Gasteiger partial charge on any atom is 0.193 e. The monoisotopic (exact) mass is 356 g/mol. The lowest BCUT2D eigenvalue weighted by Crippen LogP contribution is -2.14. The topological polar surface area (TPSA) is 61.8 Å². The number of ether oxygens (including phenoxy) is 3. The van der Waals surface area contributed by atoms with Gasteiger partial charge in [-0.15, -0.1) is 0 Å². The molecule has 2 rings (SSSR count). The van der Waals surface area contributed by atoms with Gasteiger partial charge in [-0.3, -0.25) is 9.59 Å². The van der Waals surface area contributed by atoms with Crippen molar-refractivity contribution in [1.82, 2.24) is 0 Å². The summed E-state index contributed by atoms with van der Waals surface area (Å²) in [5, 5.41) is 0. The molecule has 0 fully saturated rings. The molecule has 0 spiro atoms. The van der Waals surface area contributed by atoms with Crippen LogP contribution in [0.2, 0.25) is 0 Å².